The van der Waals surface area contributed by atoms with Gasteiger partial charge in [-0.15, -0.1) is 11.3 Å². The zero-order chi connectivity index (χ0) is 12.3. The zero-order valence-electron chi connectivity index (χ0n) is 10.3. The molecule has 1 aromatic heterocycles. The minimum absolute atomic E-state index is 0.550. The molecule has 16 heavy (non-hydrogen) atoms. The molecule has 0 atom stereocenters. The fraction of sp³-hybridized carbons (Fsp3) is 0.667. The van der Waals surface area contributed by atoms with Gasteiger partial charge in [0.15, 0.2) is 0 Å². The van der Waals surface area contributed by atoms with Gasteiger partial charge in [-0.25, -0.2) is 4.98 Å². The minimum atomic E-state index is -0.706. The van der Waals surface area contributed by atoms with Crippen LogP contribution in [-0.4, -0.2) is 16.1 Å². The van der Waals surface area contributed by atoms with E-state index in [0.29, 0.717) is 19.3 Å². The van der Waals surface area contributed by atoms with Crippen molar-refractivity contribution in [3.05, 3.63) is 15.6 Å². The number of rotatable bonds is 5. The second-order valence-corrected chi connectivity index (χ2v) is 5.51. The van der Waals surface area contributed by atoms with Crippen molar-refractivity contribution in [2.75, 3.05) is 0 Å². The van der Waals surface area contributed by atoms with Crippen molar-refractivity contribution in [3.8, 4) is 0 Å². The van der Waals surface area contributed by atoms with E-state index in [-0.39, 0.29) is 0 Å². The highest BCUT2D eigenvalue weighted by atomic mass is 32.1. The quantitative estimate of drug-likeness (QED) is 0.861. The molecule has 1 aromatic rings. The molecule has 0 bridgehead atoms. The first kappa shape index (κ1) is 13.2. The highest BCUT2D eigenvalue weighted by Crippen LogP contribution is 2.33. The fourth-order valence-corrected chi connectivity index (χ4v) is 2.86. The smallest absolute Gasteiger partial charge is 0.310 e. The van der Waals surface area contributed by atoms with Gasteiger partial charge in [-0.1, -0.05) is 13.8 Å². The molecular weight excluding hydrogens is 222 g/mol. The molecule has 0 aromatic carbocycles. The van der Waals surface area contributed by atoms with Crippen LogP contribution in [0.4, 0.5) is 0 Å². The van der Waals surface area contributed by atoms with Crippen LogP contribution in [-0.2, 0) is 11.2 Å². The Hall–Kier alpha value is -0.900. The summed E-state index contributed by atoms with van der Waals surface area (Å²) in [6.07, 6.45) is 1.85. The van der Waals surface area contributed by atoms with Crippen LogP contribution in [0.2, 0.25) is 0 Å². The van der Waals surface area contributed by atoms with E-state index in [0.717, 1.165) is 10.7 Å². The van der Waals surface area contributed by atoms with Crippen LogP contribution in [0, 0.1) is 19.3 Å². The SMILES string of the molecule is CCC(CC)(Cc1nc(C)c(C)s1)C(=O)O. The second kappa shape index (κ2) is 4.95. The van der Waals surface area contributed by atoms with Gasteiger partial charge in [0.05, 0.1) is 16.1 Å². The Bertz CT molecular complexity index is 361. The third kappa shape index (κ3) is 2.43. The summed E-state index contributed by atoms with van der Waals surface area (Å²) in [5.74, 6) is -0.706. The molecule has 4 heteroatoms. The molecule has 0 saturated carbocycles. The number of carboxylic acids is 1. The van der Waals surface area contributed by atoms with Crippen molar-refractivity contribution < 1.29 is 9.90 Å². The van der Waals surface area contributed by atoms with Crippen LogP contribution in [0.15, 0.2) is 0 Å². The first-order chi connectivity index (χ1) is 7.45. The summed E-state index contributed by atoms with van der Waals surface area (Å²) >= 11 is 1.61. The first-order valence-corrected chi connectivity index (χ1v) is 6.43. The Balaban J connectivity index is 2.96. The Morgan fingerprint density at radius 1 is 1.38 bits per heavy atom. The highest BCUT2D eigenvalue weighted by Gasteiger charge is 2.35. The largest absolute Gasteiger partial charge is 0.481 e. The fourth-order valence-electron chi connectivity index (χ4n) is 1.78. The van der Waals surface area contributed by atoms with Gasteiger partial charge in [0, 0.05) is 11.3 Å². The number of aryl methyl sites for hydroxylation is 2. The Morgan fingerprint density at radius 2 is 1.94 bits per heavy atom. The zero-order valence-corrected chi connectivity index (χ0v) is 11.1. The van der Waals surface area contributed by atoms with E-state index in [1.807, 2.05) is 27.7 Å². The summed E-state index contributed by atoms with van der Waals surface area (Å²) in [7, 11) is 0. The summed E-state index contributed by atoms with van der Waals surface area (Å²) < 4.78 is 0. The van der Waals surface area contributed by atoms with E-state index in [1.165, 1.54) is 4.88 Å². The molecule has 0 aliphatic rings. The van der Waals surface area contributed by atoms with Gasteiger partial charge in [-0.3, -0.25) is 4.79 Å². The van der Waals surface area contributed by atoms with E-state index >= 15 is 0 Å². The van der Waals surface area contributed by atoms with Gasteiger partial charge in [0.1, 0.15) is 0 Å². The number of thiazole rings is 1. The van der Waals surface area contributed by atoms with Crippen molar-refractivity contribution in [1.82, 2.24) is 4.98 Å². The van der Waals surface area contributed by atoms with Gasteiger partial charge in [0.25, 0.3) is 0 Å². The minimum Gasteiger partial charge on any atom is -0.481 e. The molecule has 0 aliphatic heterocycles. The molecule has 3 nitrogen and oxygen atoms in total. The maximum absolute atomic E-state index is 11.4. The Morgan fingerprint density at radius 3 is 2.25 bits per heavy atom. The second-order valence-electron chi connectivity index (χ2n) is 4.22. The number of aromatic nitrogens is 1. The molecule has 90 valence electrons. The summed E-state index contributed by atoms with van der Waals surface area (Å²) in [4.78, 5) is 17.0. The molecule has 0 spiro atoms. The van der Waals surface area contributed by atoms with E-state index < -0.39 is 11.4 Å². The molecule has 1 rings (SSSR count). The molecule has 0 saturated heterocycles. The van der Waals surface area contributed by atoms with Crippen molar-refractivity contribution in [1.29, 1.82) is 0 Å². The topological polar surface area (TPSA) is 50.2 Å². The Labute approximate surface area is 101 Å². The lowest BCUT2D eigenvalue weighted by Gasteiger charge is -2.25. The standard InChI is InChI=1S/C12H19NO2S/c1-5-12(6-2,11(14)15)7-10-13-8(3)9(4)16-10/h5-7H2,1-4H3,(H,14,15). The number of hydrogen-bond acceptors (Lipinski definition) is 3. The maximum atomic E-state index is 11.4. The number of aliphatic carboxylic acids is 1. The number of carbonyl (C=O) groups is 1. The number of nitrogens with zero attached hydrogens (tertiary/aromatic N) is 1. The summed E-state index contributed by atoms with van der Waals surface area (Å²) in [6.45, 7) is 7.86. The van der Waals surface area contributed by atoms with Crippen LogP contribution >= 0.6 is 11.3 Å². The van der Waals surface area contributed by atoms with Gasteiger partial charge >= 0.3 is 5.97 Å². The monoisotopic (exact) mass is 241 g/mol. The lowest BCUT2D eigenvalue weighted by Crippen LogP contribution is -2.32. The number of carboxylic acid groups (broad SMARTS) is 1. The van der Waals surface area contributed by atoms with E-state index in [4.69, 9.17) is 0 Å². The van der Waals surface area contributed by atoms with Crippen molar-refractivity contribution in [2.45, 2.75) is 47.0 Å². The van der Waals surface area contributed by atoms with Crippen LogP contribution in [0.25, 0.3) is 0 Å². The van der Waals surface area contributed by atoms with Gasteiger partial charge < -0.3 is 5.11 Å². The van der Waals surface area contributed by atoms with Crippen molar-refractivity contribution >= 4 is 17.3 Å². The highest BCUT2D eigenvalue weighted by molar-refractivity contribution is 7.11. The predicted molar refractivity (Wildman–Crippen MR) is 65.9 cm³/mol. The van der Waals surface area contributed by atoms with Crippen LogP contribution in [0.1, 0.15) is 42.3 Å². The van der Waals surface area contributed by atoms with E-state index in [1.54, 1.807) is 11.3 Å². The third-order valence-corrected chi connectivity index (χ3v) is 4.44. The predicted octanol–water partition coefficient (Wildman–Crippen LogP) is 3.19. The molecule has 1 heterocycles. The van der Waals surface area contributed by atoms with Crippen LogP contribution in [0.3, 0.4) is 0 Å². The average molecular weight is 241 g/mol. The lowest BCUT2D eigenvalue weighted by atomic mass is 9.79. The third-order valence-electron chi connectivity index (χ3n) is 3.37. The molecule has 0 amide bonds. The van der Waals surface area contributed by atoms with Crippen molar-refractivity contribution in [2.24, 2.45) is 5.41 Å². The van der Waals surface area contributed by atoms with Gasteiger partial charge in [-0.2, -0.15) is 0 Å². The van der Waals surface area contributed by atoms with Gasteiger partial charge in [0.2, 0.25) is 0 Å². The van der Waals surface area contributed by atoms with Gasteiger partial charge in [-0.05, 0) is 26.7 Å². The molecule has 1 N–H and O–H groups in total. The lowest BCUT2D eigenvalue weighted by molar-refractivity contribution is -0.149. The first-order valence-electron chi connectivity index (χ1n) is 5.61. The molecule has 0 radical (unpaired) electrons. The van der Waals surface area contributed by atoms with Crippen LogP contribution in [0.5, 0.6) is 0 Å². The average Bonchev–Trinajstić information content (AvgIpc) is 2.54. The molecular formula is C12H19NO2S. The summed E-state index contributed by atoms with van der Waals surface area (Å²) in [5, 5.41) is 10.3. The number of hydrogen-bond donors (Lipinski definition) is 1. The molecule has 0 aliphatic carbocycles. The van der Waals surface area contributed by atoms with E-state index in [2.05, 4.69) is 4.98 Å². The summed E-state index contributed by atoms with van der Waals surface area (Å²) in [5.41, 5.74) is 0.378. The maximum Gasteiger partial charge on any atom is 0.310 e. The molecule has 0 unspecified atom stereocenters. The Kier molecular flexibility index (Phi) is 4.08. The van der Waals surface area contributed by atoms with Crippen LogP contribution < -0.4 is 0 Å². The molecule has 0 fully saturated rings. The van der Waals surface area contributed by atoms with E-state index in [9.17, 15) is 9.90 Å². The normalized spacial score (nSPS) is 11.8. The van der Waals surface area contributed by atoms with Crippen molar-refractivity contribution in [3.63, 3.8) is 0 Å². The summed E-state index contributed by atoms with van der Waals surface area (Å²) in [6, 6.07) is 0.